The lowest BCUT2D eigenvalue weighted by Gasteiger charge is -2.27. The van der Waals surface area contributed by atoms with Crippen molar-refractivity contribution in [1.82, 2.24) is 5.32 Å². The van der Waals surface area contributed by atoms with Crippen molar-refractivity contribution >= 4 is 39.4 Å². The van der Waals surface area contributed by atoms with Crippen LogP contribution < -0.4 is 10.1 Å². The van der Waals surface area contributed by atoms with E-state index in [1.165, 1.54) is 0 Å². The van der Waals surface area contributed by atoms with E-state index in [-0.39, 0.29) is 6.61 Å². The van der Waals surface area contributed by atoms with Gasteiger partial charge in [0.1, 0.15) is 11.8 Å². The van der Waals surface area contributed by atoms with Crippen LogP contribution in [0.3, 0.4) is 0 Å². The maximum absolute atomic E-state index is 11.8. The van der Waals surface area contributed by atoms with Gasteiger partial charge in [-0.15, -0.1) is 0 Å². The molecule has 0 fully saturated rings. The van der Waals surface area contributed by atoms with E-state index >= 15 is 0 Å². The number of hydrogen-bond donors (Lipinski definition) is 2. The van der Waals surface area contributed by atoms with Crippen LogP contribution in [0.2, 0.25) is 5.02 Å². The Labute approximate surface area is 136 Å². The second kappa shape index (κ2) is 7.13. The van der Waals surface area contributed by atoms with Crippen LogP contribution in [0.4, 0.5) is 0 Å². The summed E-state index contributed by atoms with van der Waals surface area (Å²) in [5.41, 5.74) is -0.595. The number of carboxylic acid groups (broad SMARTS) is 1. The molecule has 0 saturated carbocycles. The number of nitrogens with one attached hydrogen (secondary N) is 1. The van der Waals surface area contributed by atoms with Gasteiger partial charge < -0.3 is 15.2 Å². The predicted octanol–water partition coefficient (Wildman–Crippen LogP) is 3.10. The number of amides is 1. The highest BCUT2D eigenvalue weighted by molar-refractivity contribution is 9.10. The highest BCUT2D eigenvalue weighted by atomic mass is 79.9. The van der Waals surface area contributed by atoms with Crippen molar-refractivity contribution in [2.45, 2.75) is 26.8 Å². The average molecular weight is 379 g/mol. The Morgan fingerprint density at radius 3 is 2.52 bits per heavy atom. The molecule has 0 aromatic heterocycles. The van der Waals surface area contributed by atoms with Crippen molar-refractivity contribution in [2.24, 2.45) is 5.41 Å². The Kier molecular flexibility index (Phi) is 6.04. The zero-order chi connectivity index (χ0) is 16.2. The van der Waals surface area contributed by atoms with Gasteiger partial charge in [0.25, 0.3) is 5.91 Å². The number of hydrogen-bond acceptors (Lipinski definition) is 3. The lowest BCUT2D eigenvalue weighted by molar-refractivity contribution is -0.145. The lowest BCUT2D eigenvalue weighted by atomic mass is 9.87. The average Bonchev–Trinajstić information content (AvgIpc) is 2.33. The molecule has 0 bridgehead atoms. The predicted molar refractivity (Wildman–Crippen MR) is 83.7 cm³/mol. The minimum Gasteiger partial charge on any atom is -0.483 e. The molecule has 116 valence electrons. The smallest absolute Gasteiger partial charge is 0.326 e. The van der Waals surface area contributed by atoms with Crippen LogP contribution in [0.5, 0.6) is 5.75 Å². The number of aliphatic carboxylic acids is 1. The molecule has 0 aliphatic heterocycles. The van der Waals surface area contributed by atoms with E-state index in [0.29, 0.717) is 15.2 Å². The monoisotopic (exact) mass is 377 g/mol. The molecule has 0 unspecified atom stereocenters. The van der Waals surface area contributed by atoms with Gasteiger partial charge in [0.15, 0.2) is 6.61 Å². The number of carbonyl (C=O) groups excluding carboxylic acids is 1. The number of ether oxygens (including phenoxy) is 1. The van der Waals surface area contributed by atoms with Gasteiger partial charge in [-0.2, -0.15) is 0 Å². The Morgan fingerprint density at radius 1 is 1.43 bits per heavy atom. The molecule has 1 rings (SSSR count). The summed E-state index contributed by atoms with van der Waals surface area (Å²) in [5.74, 6) is -1.13. The summed E-state index contributed by atoms with van der Waals surface area (Å²) < 4.78 is 5.96. The first-order chi connectivity index (χ1) is 9.61. The third kappa shape index (κ3) is 5.55. The molecule has 5 nitrogen and oxygen atoms in total. The van der Waals surface area contributed by atoms with Gasteiger partial charge in [0.2, 0.25) is 0 Å². The summed E-state index contributed by atoms with van der Waals surface area (Å²) in [6.45, 7) is 4.94. The molecule has 0 spiro atoms. The van der Waals surface area contributed by atoms with Crippen LogP contribution in [-0.2, 0) is 9.59 Å². The zero-order valence-electron chi connectivity index (χ0n) is 11.9. The van der Waals surface area contributed by atoms with Crippen molar-refractivity contribution in [1.29, 1.82) is 0 Å². The minimum atomic E-state index is -1.08. The van der Waals surface area contributed by atoms with Crippen LogP contribution in [0.15, 0.2) is 22.7 Å². The van der Waals surface area contributed by atoms with Gasteiger partial charge in [0.05, 0.1) is 4.47 Å². The fourth-order valence-electron chi connectivity index (χ4n) is 1.59. The largest absolute Gasteiger partial charge is 0.483 e. The summed E-state index contributed by atoms with van der Waals surface area (Å²) >= 11 is 9.07. The summed E-state index contributed by atoms with van der Waals surface area (Å²) in [6, 6.07) is 3.92. The molecule has 21 heavy (non-hydrogen) atoms. The van der Waals surface area contributed by atoms with Crippen molar-refractivity contribution in [3.05, 3.63) is 27.7 Å². The van der Waals surface area contributed by atoms with Gasteiger partial charge in [-0.05, 0) is 39.5 Å². The molecule has 1 atom stereocenters. The molecule has 2 N–H and O–H groups in total. The van der Waals surface area contributed by atoms with Crippen molar-refractivity contribution in [2.75, 3.05) is 6.61 Å². The van der Waals surface area contributed by atoms with E-state index in [9.17, 15) is 9.59 Å². The molecular formula is C14H17BrClNO4. The molecule has 1 aromatic carbocycles. The highest BCUT2D eigenvalue weighted by Crippen LogP contribution is 2.28. The zero-order valence-corrected chi connectivity index (χ0v) is 14.3. The molecule has 0 aliphatic rings. The van der Waals surface area contributed by atoms with E-state index in [0.717, 1.165) is 0 Å². The lowest BCUT2D eigenvalue weighted by Crippen LogP contribution is -2.50. The quantitative estimate of drug-likeness (QED) is 0.825. The first-order valence-corrected chi connectivity index (χ1v) is 7.38. The summed E-state index contributed by atoms with van der Waals surface area (Å²) in [5, 5.41) is 12.1. The summed E-state index contributed by atoms with van der Waals surface area (Å²) in [4.78, 5) is 23.0. The van der Waals surface area contributed by atoms with Crippen molar-refractivity contribution in [3.8, 4) is 5.75 Å². The Morgan fingerprint density at radius 2 is 2.05 bits per heavy atom. The first-order valence-electron chi connectivity index (χ1n) is 6.21. The second-order valence-electron chi connectivity index (χ2n) is 5.57. The maximum Gasteiger partial charge on any atom is 0.326 e. The fraction of sp³-hybridized carbons (Fsp3) is 0.429. The van der Waals surface area contributed by atoms with Gasteiger partial charge in [-0.3, -0.25) is 4.79 Å². The second-order valence-corrected chi connectivity index (χ2v) is 6.86. The van der Waals surface area contributed by atoms with Crippen LogP contribution in [-0.4, -0.2) is 29.6 Å². The number of carboxylic acids is 1. The van der Waals surface area contributed by atoms with Crippen LogP contribution in [0.25, 0.3) is 0 Å². The molecule has 0 aliphatic carbocycles. The van der Waals surface area contributed by atoms with E-state index in [4.69, 9.17) is 21.4 Å². The Balaban J connectivity index is 2.63. The fourth-order valence-corrected chi connectivity index (χ4v) is 2.38. The third-order valence-corrected chi connectivity index (χ3v) is 3.53. The Hall–Kier alpha value is -1.27. The summed E-state index contributed by atoms with van der Waals surface area (Å²) in [6.07, 6.45) is 0. The van der Waals surface area contributed by atoms with Crippen LogP contribution in [0.1, 0.15) is 20.8 Å². The van der Waals surface area contributed by atoms with Gasteiger partial charge >= 0.3 is 5.97 Å². The SMILES string of the molecule is CC(C)(C)[C@H](NC(=O)COc1ccc(Cl)cc1Br)C(=O)O. The Bertz CT molecular complexity index is 542. The number of benzene rings is 1. The van der Waals surface area contributed by atoms with E-state index < -0.39 is 23.3 Å². The normalized spacial score (nSPS) is 12.6. The molecule has 0 radical (unpaired) electrons. The maximum atomic E-state index is 11.8. The van der Waals surface area contributed by atoms with Gasteiger partial charge in [-0.1, -0.05) is 32.4 Å². The number of carbonyl (C=O) groups is 2. The van der Waals surface area contributed by atoms with Crippen molar-refractivity contribution in [3.63, 3.8) is 0 Å². The van der Waals surface area contributed by atoms with E-state index in [1.807, 2.05) is 0 Å². The van der Waals surface area contributed by atoms with Gasteiger partial charge in [0, 0.05) is 5.02 Å². The molecule has 1 amide bonds. The minimum absolute atomic E-state index is 0.278. The molecule has 1 aromatic rings. The number of rotatable bonds is 5. The van der Waals surface area contributed by atoms with Crippen LogP contribution >= 0.6 is 27.5 Å². The first kappa shape index (κ1) is 17.8. The van der Waals surface area contributed by atoms with E-state index in [2.05, 4.69) is 21.2 Å². The molecule has 7 heteroatoms. The third-order valence-electron chi connectivity index (χ3n) is 2.67. The summed E-state index contributed by atoms with van der Waals surface area (Å²) in [7, 11) is 0. The molecule has 0 heterocycles. The van der Waals surface area contributed by atoms with E-state index in [1.54, 1.807) is 39.0 Å². The topological polar surface area (TPSA) is 75.6 Å². The van der Waals surface area contributed by atoms with Crippen LogP contribution in [0, 0.1) is 5.41 Å². The van der Waals surface area contributed by atoms with Crippen molar-refractivity contribution < 1.29 is 19.4 Å². The molecule has 0 saturated heterocycles. The number of halogens is 2. The standard InChI is InChI=1S/C14H17BrClNO4/c1-14(2,3)12(13(19)20)17-11(18)7-21-10-5-4-8(16)6-9(10)15/h4-6,12H,7H2,1-3H3,(H,17,18)(H,19,20)/t12-/m1/s1. The molecular weight excluding hydrogens is 362 g/mol. The highest BCUT2D eigenvalue weighted by Gasteiger charge is 2.32. The van der Waals surface area contributed by atoms with Gasteiger partial charge in [-0.25, -0.2) is 4.79 Å².